The van der Waals surface area contributed by atoms with E-state index in [1.165, 1.54) is 29.7 Å². The number of amides is 2. The molecule has 2 amide bonds. The molecule has 2 N–H and O–H groups in total. The maximum atomic E-state index is 12.4. The molecule has 2 aliphatic carbocycles. The largest absolute Gasteiger partial charge is 0.349 e. The predicted octanol–water partition coefficient (Wildman–Crippen LogP) is 3.45. The van der Waals surface area contributed by atoms with E-state index in [4.69, 9.17) is 0 Å². The summed E-state index contributed by atoms with van der Waals surface area (Å²) in [5, 5.41) is 7.96. The molecule has 2 fully saturated rings. The third kappa shape index (κ3) is 3.51. The van der Waals surface area contributed by atoms with Gasteiger partial charge in [-0.05, 0) is 66.3 Å². The minimum atomic E-state index is -0.0132. The molecule has 0 saturated heterocycles. The molecule has 5 heteroatoms. The van der Waals surface area contributed by atoms with Crippen LogP contribution in [0.15, 0.2) is 35.7 Å². The van der Waals surface area contributed by atoms with Gasteiger partial charge in [0.15, 0.2) is 0 Å². The van der Waals surface area contributed by atoms with Crippen molar-refractivity contribution in [3.63, 3.8) is 0 Å². The molecule has 1 heterocycles. The molecule has 0 atom stereocenters. The molecule has 0 radical (unpaired) electrons. The van der Waals surface area contributed by atoms with Gasteiger partial charge in [-0.25, -0.2) is 0 Å². The molecule has 1 aromatic carbocycles. The van der Waals surface area contributed by atoms with Crippen molar-refractivity contribution in [2.24, 2.45) is 0 Å². The van der Waals surface area contributed by atoms with E-state index in [0.29, 0.717) is 24.1 Å². The van der Waals surface area contributed by atoms with Gasteiger partial charge in [0.2, 0.25) is 0 Å². The molecule has 124 valence electrons. The van der Waals surface area contributed by atoms with Gasteiger partial charge in [-0.3, -0.25) is 9.59 Å². The Labute approximate surface area is 145 Å². The molecule has 0 unspecified atom stereocenters. The predicted molar refractivity (Wildman–Crippen MR) is 94.4 cm³/mol. The van der Waals surface area contributed by atoms with Crippen molar-refractivity contribution in [1.82, 2.24) is 10.6 Å². The van der Waals surface area contributed by atoms with Crippen LogP contribution in [-0.2, 0) is 6.54 Å². The quantitative estimate of drug-likeness (QED) is 0.846. The van der Waals surface area contributed by atoms with Crippen molar-refractivity contribution in [1.29, 1.82) is 0 Å². The van der Waals surface area contributed by atoms with Gasteiger partial charge in [0.05, 0.1) is 4.88 Å². The van der Waals surface area contributed by atoms with Gasteiger partial charge in [-0.2, -0.15) is 0 Å². The monoisotopic (exact) mass is 340 g/mol. The second kappa shape index (κ2) is 6.40. The molecule has 2 saturated carbocycles. The highest BCUT2D eigenvalue weighted by atomic mass is 32.1. The number of nitrogens with one attached hydrogen (secondary N) is 2. The maximum Gasteiger partial charge on any atom is 0.261 e. The summed E-state index contributed by atoms with van der Waals surface area (Å²) in [7, 11) is 0. The lowest BCUT2D eigenvalue weighted by Crippen LogP contribution is -2.25. The average molecular weight is 340 g/mol. The molecule has 24 heavy (non-hydrogen) atoms. The Hall–Kier alpha value is -2.14. The molecule has 2 aliphatic rings. The first-order valence-electron chi connectivity index (χ1n) is 8.46. The zero-order chi connectivity index (χ0) is 16.5. The highest BCUT2D eigenvalue weighted by Gasteiger charge is 2.28. The Morgan fingerprint density at radius 2 is 1.75 bits per heavy atom. The Morgan fingerprint density at radius 1 is 1.00 bits per heavy atom. The summed E-state index contributed by atoms with van der Waals surface area (Å²) in [6, 6.07) is 9.88. The summed E-state index contributed by atoms with van der Waals surface area (Å²) in [4.78, 5) is 25.2. The van der Waals surface area contributed by atoms with Gasteiger partial charge in [-0.1, -0.05) is 12.1 Å². The van der Waals surface area contributed by atoms with Crippen molar-refractivity contribution in [2.45, 2.75) is 44.2 Å². The second-order valence-corrected chi connectivity index (χ2v) is 7.52. The van der Waals surface area contributed by atoms with Crippen molar-refractivity contribution in [3.05, 3.63) is 57.3 Å². The highest BCUT2D eigenvalue weighted by molar-refractivity contribution is 7.12. The number of thiophene rings is 1. The first-order chi connectivity index (χ1) is 11.7. The number of benzene rings is 1. The van der Waals surface area contributed by atoms with Gasteiger partial charge in [0.1, 0.15) is 0 Å². The molecule has 0 spiro atoms. The third-order valence-electron chi connectivity index (χ3n) is 4.50. The second-order valence-electron chi connectivity index (χ2n) is 6.61. The smallest absolute Gasteiger partial charge is 0.261 e. The van der Waals surface area contributed by atoms with Crippen LogP contribution in [0.25, 0.3) is 0 Å². The van der Waals surface area contributed by atoms with Gasteiger partial charge < -0.3 is 10.6 Å². The molecule has 2 aromatic rings. The van der Waals surface area contributed by atoms with Gasteiger partial charge in [0, 0.05) is 18.2 Å². The summed E-state index contributed by atoms with van der Waals surface area (Å²) in [6.07, 6.45) is 4.56. The Bertz CT molecular complexity index is 758. The molecule has 4 nitrogen and oxygen atoms in total. The van der Waals surface area contributed by atoms with E-state index in [9.17, 15) is 9.59 Å². The van der Waals surface area contributed by atoms with Crippen molar-refractivity contribution >= 4 is 23.2 Å². The standard InChI is InChI=1S/C19H20N2O2S/c22-18(21-15-7-8-15)14-3-1-12(2-4-14)11-20-19(23)17-16(9-10-24-17)13-5-6-13/h1-4,9-10,13,15H,5-8,11H2,(H,20,23)(H,21,22). The topological polar surface area (TPSA) is 58.2 Å². The third-order valence-corrected chi connectivity index (χ3v) is 5.43. The molecular formula is C19H20N2O2S. The first kappa shape index (κ1) is 15.4. The van der Waals surface area contributed by atoms with E-state index >= 15 is 0 Å². The molecular weight excluding hydrogens is 320 g/mol. The van der Waals surface area contributed by atoms with Crippen LogP contribution >= 0.6 is 11.3 Å². The Morgan fingerprint density at radius 3 is 2.42 bits per heavy atom. The van der Waals surface area contributed by atoms with Crippen LogP contribution in [0.2, 0.25) is 0 Å². The number of carbonyl (C=O) groups excluding carboxylic acids is 2. The summed E-state index contributed by atoms with van der Waals surface area (Å²) < 4.78 is 0. The minimum Gasteiger partial charge on any atom is -0.349 e. The SMILES string of the molecule is O=C(NC1CC1)c1ccc(CNC(=O)c2sccc2C2CC2)cc1. The zero-order valence-corrected chi connectivity index (χ0v) is 14.2. The fraction of sp³-hybridized carbons (Fsp3) is 0.368. The lowest BCUT2D eigenvalue weighted by atomic mass is 10.1. The summed E-state index contributed by atoms with van der Waals surface area (Å²) >= 11 is 1.51. The van der Waals surface area contributed by atoms with Crippen LogP contribution in [0.5, 0.6) is 0 Å². The van der Waals surface area contributed by atoms with Gasteiger partial charge in [-0.15, -0.1) is 11.3 Å². The summed E-state index contributed by atoms with van der Waals surface area (Å²) in [6.45, 7) is 0.478. The summed E-state index contributed by atoms with van der Waals surface area (Å²) in [5.74, 6) is 0.574. The number of hydrogen-bond donors (Lipinski definition) is 2. The van der Waals surface area contributed by atoms with Crippen molar-refractivity contribution in [3.8, 4) is 0 Å². The fourth-order valence-electron chi connectivity index (χ4n) is 2.75. The first-order valence-corrected chi connectivity index (χ1v) is 9.34. The number of hydrogen-bond acceptors (Lipinski definition) is 3. The van der Waals surface area contributed by atoms with Gasteiger partial charge in [0.25, 0.3) is 11.8 Å². The van der Waals surface area contributed by atoms with E-state index < -0.39 is 0 Å². The molecule has 0 bridgehead atoms. The Kier molecular flexibility index (Phi) is 4.10. The van der Waals surface area contributed by atoms with Crippen LogP contribution in [0.1, 0.15) is 62.8 Å². The van der Waals surface area contributed by atoms with E-state index in [-0.39, 0.29) is 11.8 Å². The lowest BCUT2D eigenvalue weighted by Gasteiger charge is -2.07. The van der Waals surface area contributed by atoms with E-state index in [1.807, 2.05) is 29.6 Å². The van der Waals surface area contributed by atoms with Gasteiger partial charge >= 0.3 is 0 Å². The average Bonchev–Trinajstić information content (AvgIpc) is 3.53. The van der Waals surface area contributed by atoms with E-state index in [2.05, 4.69) is 16.7 Å². The van der Waals surface area contributed by atoms with E-state index in [1.54, 1.807) is 0 Å². The van der Waals surface area contributed by atoms with Crippen LogP contribution in [-0.4, -0.2) is 17.9 Å². The zero-order valence-electron chi connectivity index (χ0n) is 13.4. The molecule has 0 aliphatic heterocycles. The summed E-state index contributed by atoms with van der Waals surface area (Å²) in [5.41, 5.74) is 2.87. The minimum absolute atomic E-state index is 0.00227. The maximum absolute atomic E-state index is 12.4. The Balaban J connectivity index is 1.34. The van der Waals surface area contributed by atoms with Crippen molar-refractivity contribution in [2.75, 3.05) is 0 Å². The van der Waals surface area contributed by atoms with Crippen LogP contribution in [0, 0.1) is 0 Å². The van der Waals surface area contributed by atoms with Crippen LogP contribution in [0.3, 0.4) is 0 Å². The van der Waals surface area contributed by atoms with E-state index in [0.717, 1.165) is 23.3 Å². The highest BCUT2D eigenvalue weighted by Crippen LogP contribution is 2.43. The molecule has 1 aromatic heterocycles. The number of carbonyl (C=O) groups is 2. The molecule has 4 rings (SSSR count). The van der Waals surface area contributed by atoms with Crippen LogP contribution in [0.4, 0.5) is 0 Å². The fourth-order valence-corrected chi connectivity index (χ4v) is 3.65. The normalized spacial score (nSPS) is 16.7. The lowest BCUT2D eigenvalue weighted by molar-refractivity contribution is 0.0943. The van der Waals surface area contributed by atoms with Crippen LogP contribution < -0.4 is 10.6 Å². The number of rotatable bonds is 6. The van der Waals surface area contributed by atoms with Crippen molar-refractivity contribution < 1.29 is 9.59 Å².